The van der Waals surface area contributed by atoms with E-state index < -0.39 is 0 Å². The molecule has 1 heterocycles. The average molecular weight is 274 g/mol. The third kappa shape index (κ3) is 4.88. The molecule has 1 amide bonds. The van der Waals surface area contributed by atoms with Crippen LogP contribution < -0.4 is 10.2 Å². The van der Waals surface area contributed by atoms with Gasteiger partial charge < -0.3 is 10.2 Å². The molecule has 0 spiro atoms. The van der Waals surface area contributed by atoms with Crippen molar-refractivity contribution in [3.63, 3.8) is 0 Å². The number of rotatable bonds is 6. The lowest BCUT2D eigenvalue weighted by Gasteiger charge is -2.27. The highest BCUT2D eigenvalue weighted by atomic mass is 16.2. The Labute approximate surface area is 120 Å². The van der Waals surface area contributed by atoms with Crippen LogP contribution in [0.1, 0.15) is 39.2 Å². The molecule has 5 heteroatoms. The fourth-order valence-electron chi connectivity index (χ4n) is 2.08. The van der Waals surface area contributed by atoms with Gasteiger partial charge in [-0.15, -0.1) is 0 Å². The van der Waals surface area contributed by atoms with Crippen molar-refractivity contribution in [2.24, 2.45) is 0 Å². The molecule has 0 radical (unpaired) electrons. The molecule has 0 bridgehead atoms. The predicted octanol–water partition coefficient (Wildman–Crippen LogP) is 2.08. The molecular formula is C15H22N4O. The van der Waals surface area contributed by atoms with Crippen LogP contribution >= 0.6 is 0 Å². The van der Waals surface area contributed by atoms with Crippen LogP contribution in [0, 0.1) is 11.3 Å². The second-order valence-corrected chi connectivity index (χ2v) is 5.55. The summed E-state index contributed by atoms with van der Waals surface area (Å²) in [5.74, 6) is 0.643. The van der Waals surface area contributed by atoms with Crippen molar-refractivity contribution in [2.45, 2.75) is 39.2 Å². The van der Waals surface area contributed by atoms with E-state index in [1.165, 1.54) is 6.20 Å². The van der Waals surface area contributed by atoms with E-state index in [-0.39, 0.29) is 18.0 Å². The van der Waals surface area contributed by atoms with Gasteiger partial charge in [0, 0.05) is 18.8 Å². The van der Waals surface area contributed by atoms with Gasteiger partial charge in [0.1, 0.15) is 11.9 Å². The normalized spacial score (nSPS) is 10.8. The number of hydrogen-bond donors (Lipinski definition) is 1. The van der Waals surface area contributed by atoms with Crippen LogP contribution in [0.3, 0.4) is 0 Å². The van der Waals surface area contributed by atoms with E-state index >= 15 is 0 Å². The van der Waals surface area contributed by atoms with Gasteiger partial charge in [-0.2, -0.15) is 5.26 Å². The van der Waals surface area contributed by atoms with E-state index in [2.05, 4.69) is 17.2 Å². The highest BCUT2D eigenvalue weighted by Crippen LogP contribution is 2.12. The van der Waals surface area contributed by atoms with E-state index in [1.807, 2.05) is 19.9 Å². The SMILES string of the molecule is CCCC(C)(C)NC(=O)CN(C)c1ccc(C#N)cn1. The maximum atomic E-state index is 12.0. The maximum Gasteiger partial charge on any atom is 0.239 e. The number of carbonyl (C=O) groups is 1. The summed E-state index contributed by atoms with van der Waals surface area (Å²) in [5, 5.41) is 11.7. The average Bonchev–Trinajstić information content (AvgIpc) is 2.37. The number of nitrogens with zero attached hydrogens (tertiary/aromatic N) is 3. The van der Waals surface area contributed by atoms with Crippen LogP contribution in [0.4, 0.5) is 5.82 Å². The molecule has 0 atom stereocenters. The van der Waals surface area contributed by atoms with Crippen LogP contribution in [0.15, 0.2) is 18.3 Å². The standard InChI is InChI=1S/C15H22N4O/c1-5-8-15(2,3)18-14(20)11-19(4)13-7-6-12(9-16)10-17-13/h6-7,10H,5,8,11H2,1-4H3,(H,18,20). The fraction of sp³-hybridized carbons (Fsp3) is 0.533. The number of likely N-dealkylation sites (N-methyl/N-ethyl adjacent to an activating group) is 1. The van der Waals surface area contributed by atoms with Crippen LogP contribution in [-0.4, -0.2) is 30.0 Å². The minimum absolute atomic E-state index is 0.0305. The highest BCUT2D eigenvalue weighted by Gasteiger charge is 2.20. The third-order valence-corrected chi connectivity index (χ3v) is 3.00. The predicted molar refractivity (Wildman–Crippen MR) is 79.4 cm³/mol. The minimum Gasteiger partial charge on any atom is -0.350 e. The Hall–Kier alpha value is -2.09. The number of hydrogen-bond acceptors (Lipinski definition) is 4. The number of pyridine rings is 1. The van der Waals surface area contributed by atoms with Crippen molar-refractivity contribution in [1.82, 2.24) is 10.3 Å². The zero-order valence-corrected chi connectivity index (χ0v) is 12.6. The van der Waals surface area contributed by atoms with Crippen LogP contribution in [0.2, 0.25) is 0 Å². The molecule has 108 valence electrons. The molecular weight excluding hydrogens is 252 g/mol. The zero-order valence-electron chi connectivity index (χ0n) is 12.6. The van der Waals surface area contributed by atoms with Crippen molar-refractivity contribution in [1.29, 1.82) is 5.26 Å². The molecule has 0 saturated carbocycles. The van der Waals surface area contributed by atoms with E-state index in [9.17, 15) is 4.79 Å². The quantitative estimate of drug-likeness (QED) is 0.862. The number of carbonyl (C=O) groups excluding carboxylic acids is 1. The van der Waals surface area contributed by atoms with Gasteiger partial charge in [0.05, 0.1) is 12.1 Å². The monoisotopic (exact) mass is 274 g/mol. The Kier molecular flexibility index (Phi) is 5.51. The first-order valence-corrected chi connectivity index (χ1v) is 6.76. The molecule has 0 aliphatic carbocycles. The molecule has 1 aromatic heterocycles. The van der Waals surface area contributed by atoms with Crippen molar-refractivity contribution in [3.05, 3.63) is 23.9 Å². The molecule has 0 aromatic carbocycles. The van der Waals surface area contributed by atoms with Crippen LogP contribution in [-0.2, 0) is 4.79 Å². The van der Waals surface area contributed by atoms with Gasteiger partial charge in [0.25, 0.3) is 0 Å². The lowest BCUT2D eigenvalue weighted by atomic mass is 9.99. The molecule has 0 aliphatic heterocycles. The van der Waals surface area contributed by atoms with Gasteiger partial charge in [-0.25, -0.2) is 4.98 Å². The van der Waals surface area contributed by atoms with Crippen molar-refractivity contribution in [3.8, 4) is 6.07 Å². The van der Waals surface area contributed by atoms with E-state index in [0.29, 0.717) is 11.4 Å². The number of nitrogens with one attached hydrogen (secondary N) is 1. The molecule has 0 saturated heterocycles. The van der Waals surface area contributed by atoms with E-state index in [0.717, 1.165) is 12.8 Å². The molecule has 1 aromatic rings. The Bertz CT molecular complexity index is 488. The second kappa shape index (κ2) is 6.90. The lowest BCUT2D eigenvalue weighted by Crippen LogP contribution is -2.47. The molecule has 0 aliphatic rings. The van der Waals surface area contributed by atoms with Gasteiger partial charge in [0.2, 0.25) is 5.91 Å². The van der Waals surface area contributed by atoms with E-state index in [1.54, 1.807) is 24.1 Å². The molecule has 0 fully saturated rings. The first kappa shape index (κ1) is 16.0. The van der Waals surface area contributed by atoms with Gasteiger partial charge in [-0.3, -0.25) is 4.79 Å². The fourth-order valence-corrected chi connectivity index (χ4v) is 2.08. The van der Waals surface area contributed by atoms with Crippen LogP contribution in [0.5, 0.6) is 0 Å². The Balaban J connectivity index is 2.59. The summed E-state index contributed by atoms with van der Waals surface area (Å²) in [6, 6.07) is 5.45. The number of anilines is 1. The lowest BCUT2D eigenvalue weighted by molar-refractivity contribution is -0.121. The topological polar surface area (TPSA) is 69.0 Å². The van der Waals surface area contributed by atoms with Gasteiger partial charge in [-0.1, -0.05) is 13.3 Å². The summed E-state index contributed by atoms with van der Waals surface area (Å²) in [4.78, 5) is 17.9. The van der Waals surface area contributed by atoms with Gasteiger partial charge in [0.15, 0.2) is 0 Å². The molecule has 1 rings (SSSR count). The van der Waals surface area contributed by atoms with Gasteiger partial charge in [-0.05, 0) is 32.4 Å². The van der Waals surface area contributed by atoms with Gasteiger partial charge >= 0.3 is 0 Å². The van der Waals surface area contributed by atoms with Crippen molar-refractivity contribution >= 4 is 11.7 Å². The van der Waals surface area contributed by atoms with Crippen molar-refractivity contribution in [2.75, 3.05) is 18.5 Å². The maximum absolute atomic E-state index is 12.0. The van der Waals surface area contributed by atoms with E-state index in [4.69, 9.17) is 5.26 Å². The largest absolute Gasteiger partial charge is 0.350 e. The number of aromatic nitrogens is 1. The Morgan fingerprint density at radius 2 is 2.20 bits per heavy atom. The number of amides is 1. The molecule has 5 nitrogen and oxygen atoms in total. The first-order chi connectivity index (χ1) is 9.38. The minimum atomic E-state index is -0.190. The Morgan fingerprint density at radius 3 is 2.70 bits per heavy atom. The Morgan fingerprint density at radius 1 is 1.50 bits per heavy atom. The highest BCUT2D eigenvalue weighted by molar-refractivity contribution is 5.81. The second-order valence-electron chi connectivity index (χ2n) is 5.55. The summed E-state index contributed by atoms with van der Waals surface area (Å²) >= 11 is 0. The summed E-state index contributed by atoms with van der Waals surface area (Å²) < 4.78 is 0. The van der Waals surface area contributed by atoms with Crippen molar-refractivity contribution < 1.29 is 4.79 Å². The zero-order chi connectivity index (χ0) is 15.2. The third-order valence-electron chi connectivity index (χ3n) is 3.00. The first-order valence-electron chi connectivity index (χ1n) is 6.76. The number of nitriles is 1. The summed E-state index contributed by atoms with van der Waals surface area (Å²) in [6.45, 7) is 6.38. The smallest absolute Gasteiger partial charge is 0.239 e. The van der Waals surface area contributed by atoms with Crippen LogP contribution in [0.25, 0.3) is 0 Å². The summed E-state index contributed by atoms with van der Waals surface area (Å²) in [6.07, 6.45) is 3.47. The molecule has 20 heavy (non-hydrogen) atoms. The summed E-state index contributed by atoms with van der Waals surface area (Å²) in [7, 11) is 1.81. The molecule has 1 N–H and O–H groups in total. The molecule has 0 unspecified atom stereocenters. The summed E-state index contributed by atoms with van der Waals surface area (Å²) in [5.41, 5.74) is 0.320.